The largest absolute Gasteiger partial charge is 0.379 e. The minimum Gasteiger partial charge on any atom is -0.379 e. The van der Waals surface area contributed by atoms with Crippen molar-refractivity contribution in [3.8, 4) is 0 Å². The van der Waals surface area contributed by atoms with Gasteiger partial charge < -0.3 is 20.9 Å². The first kappa shape index (κ1) is 20.7. The van der Waals surface area contributed by atoms with Gasteiger partial charge in [-0.3, -0.25) is 14.5 Å². The van der Waals surface area contributed by atoms with Crippen LogP contribution in [0.4, 0.5) is 5.69 Å². The number of likely N-dealkylation sites (tertiary alicyclic amines) is 1. The summed E-state index contributed by atoms with van der Waals surface area (Å²) in [4.78, 5) is 25.2. The zero-order chi connectivity index (χ0) is 20.4. The summed E-state index contributed by atoms with van der Waals surface area (Å²) in [6.07, 6.45) is 0.184. The van der Waals surface area contributed by atoms with Gasteiger partial charge in [0.2, 0.25) is 15.9 Å². The van der Waals surface area contributed by atoms with Crippen molar-refractivity contribution in [2.45, 2.75) is 16.9 Å². The summed E-state index contributed by atoms with van der Waals surface area (Å²) in [6, 6.07) is 5.94. The average molecular weight is 412 g/mol. The van der Waals surface area contributed by atoms with Gasteiger partial charge >= 0.3 is 0 Å². The maximum atomic E-state index is 12.6. The summed E-state index contributed by atoms with van der Waals surface area (Å²) >= 11 is 0. The average Bonchev–Trinajstić information content (AvgIpc) is 3.05. The molecule has 28 heavy (non-hydrogen) atoms. The molecule has 2 saturated heterocycles. The molecular weight excluding hydrogens is 388 g/mol. The van der Waals surface area contributed by atoms with Gasteiger partial charge in [-0.1, -0.05) is 0 Å². The van der Waals surface area contributed by atoms with Crippen LogP contribution in [0.2, 0.25) is 0 Å². The molecule has 0 saturated carbocycles. The minimum absolute atomic E-state index is 0.00643. The lowest BCUT2D eigenvalue weighted by Gasteiger charge is -2.26. The number of nitrogens with one attached hydrogen (secondary N) is 1. The summed E-state index contributed by atoms with van der Waals surface area (Å²) in [5.41, 5.74) is 4.03. The van der Waals surface area contributed by atoms with Crippen LogP contribution in [-0.4, -0.2) is 86.1 Å². The molecular formula is C17H24N4O6S. The maximum Gasteiger partial charge on any atom is 0.250 e. The number of aliphatic hydroxyl groups is 1. The molecule has 2 aliphatic rings. The lowest BCUT2D eigenvalue weighted by Crippen LogP contribution is -2.46. The Morgan fingerprint density at radius 2 is 1.82 bits per heavy atom. The molecule has 1 aromatic rings. The highest BCUT2D eigenvalue weighted by Gasteiger charge is 2.41. The second-order valence-electron chi connectivity index (χ2n) is 6.95. The van der Waals surface area contributed by atoms with Gasteiger partial charge in [0.1, 0.15) is 0 Å². The van der Waals surface area contributed by atoms with Crippen molar-refractivity contribution in [2.75, 3.05) is 51.3 Å². The number of rotatable bonds is 6. The van der Waals surface area contributed by atoms with E-state index in [0.717, 1.165) is 0 Å². The fourth-order valence-electron chi connectivity index (χ4n) is 3.26. The van der Waals surface area contributed by atoms with Crippen LogP contribution in [0, 0.1) is 0 Å². The van der Waals surface area contributed by atoms with E-state index in [2.05, 4.69) is 5.32 Å². The first-order chi connectivity index (χ1) is 13.2. The lowest BCUT2D eigenvalue weighted by molar-refractivity contribution is -0.135. The van der Waals surface area contributed by atoms with Crippen LogP contribution in [-0.2, 0) is 24.3 Å². The predicted octanol–water partition coefficient (Wildman–Crippen LogP) is -1.43. The molecule has 11 heteroatoms. The number of primary amides is 1. The third-order valence-corrected chi connectivity index (χ3v) is 6.81. The van der Waals surface area contributed by atoms with E-state index in [9.17, 15) is 23.1 Å². The number of hydrogen-bond donors (Lipinski definition) is 3. The highest BCUT2D eigenvalue weighted by molar-refractivity contribution is 7.89. The second-order valence-corrected chi connectivity index (χ2v) is 8.88. The molecule has 0 unspecified atom stereocenters. The number of nitrogens with two attached hydrogens (primary N) is 1. The molecule has 2 fully saturated rings. The summed E-state index contributed by atoms with van der Waals surface area (Å²) in [7, 11) is -3.59. The topological polar surface area (TPSA) is 142 Å². The first-order valence-electron chi connectivity index (χ1n) is 8.93. The number of morpholine rings is 1. The van der Waals surface area contributed by atoms with Crippen molar-refractivity contribution < 1.29 is 27.9 Å². The molecule has 1 atom stereocenters. The van der Waals surface area contributed by atoms with Gasteiger partial charge in [0.25, 0.3) is 5.91 Å². The van der Waals surface area contributed by atoms with Crippen molar-refractivity contribution in [2.24, 2.45) is 5.73 Å². The molecule has 2 aliphatic heterocycles. The van der Waals surface area contributed by atoms with Crippen LogP contribution in [0.1, 0.15) is 6.42 Å². The third kappa shape index (κ3) is 4.50. The standard InChI is InChI=1S/C17H24N4O6S/c18-16(23)17(24)5-6-20(12-17)11-15(22)19-13-1-3-14(4-2-13)28(25,26)21-7-9-27-10-8-21/h1-4,24H,5-12H2,(H2,18,23)(H,19,22)/t17-/m1/s1. The fourth-order valence-corrected chi connectivity index (χ4v) is 4.67. The van der Waals surface area contributed by atoms with Gasteiger partial charge in [-0.25, -0.2) is 8.42 Å². The highest BCUT2D eigenvalue weighted by Crippen LogP contribution is 2.21. The van der Waals surface area contributed by atoms with Crippen molar-refractivity contribution in [3.63, 3.8) is 0 Å². The maximum absolute atomic E-state index is 12.6. The molecule has 2 amide bonds. The Morgan fingerprint density at radius 3 is 2.39 bits per heavy atom. The van der Waals surface area contributed by atoms with E-state index in [0.29, 0.717) is 38.5 Å². The van der Waals surface area contributed by atoms with Gasteiger partial charge in [0, 0.05) is 31.9 Å². The second kappa shape index (κ2) is 8.13. The van der Waals surface area contributed by atoms with Crippen molar-refractivity contribution in [1.82, 2.24) is 9.21 Å². The Hall–Kier alpha value is -2.05. The molecule has 0 aromatic heterocycles. The minimum atomic E-state index is -3.59. The Bertz CT molecular complexity index is 838. The van der Waals surface area contributed by atoms with E-state index in [1.807, 2.05) is 0 Å². The van der Waals surface area contributed by atoms with Gasteiger partial charge in [-0.05, 0) is 30.7 Å². The Balaban J connectivity index is 1.57. The first-order valence-corrected chi connectivity index (χ1v) is 10.4. The molecule has 0 aliphatic carbocycles. The van der Waals surface area contributed by atoms with Crippen LogP contribution < -0.4 is 11.1 Å². The van der Waals surface area contributed by atoms with E-state index in [4.69, 9.17) is 10.5 Å². The molecule has 0 bridgehead atoms. The number of amides is 2. The summed E-state index contributed by atoms with van der Waals surface area (Å²) in [6.45, 7) is 1.74. The van der Waals surface area contributed by atoms with E-state index in [1.165, 1.54) is 28.6 Å². The van der Waals surface area contributed by atoms with Crippen LogP contribution in [0.3, 0.4) is 0 Å². The number of benzene rings is 1. The van der Waals surface area contributed by atoms with Crippen LogP contribution >= 0.6 is 0 Å². The lowest BCUT2D eigenvalue weighted by atomic mass is 10.0. The monoisotopic (exact) mass is 412 g/mol. The molecule has 154 valence electrons. The SMILES string of the molecule is NC(=O)[C@@]1(O)CCN(CC(=O)Nc2ccc(S(=O)(=O)N3CCOCC3)cc2)C1. The molecule has 2 heterocycles. The van der Waals surface area contributed by atoms with E-state index >= 15 is 0 Å². The van der Waals surface area contributed by atoms with Gasteiger partial charge in [-0.15, -0.1) is 0 Å². The number of nitrogens with zero attached hydrogens (tertiary/aromatic N) is 2. The van der Waals surface area contributed by atoms with Gasteiger partial charge in [0.05, 0.1) is 24.7 Å². The highest BCUT2D eigenvalue weighted by atomic mass is 32.2. The van der Waals surface area contributed by atoms with Crippen molar-refractivity contribution in [3.05, 3.63) is 24.3 Å². The van der Waals surface area contributed by atoms with Gasteiger partial charge in [0.15, 0.2) is 5.60 Å². The number of carbonyl (C=O) groups is 2. The van der Waals surface area contributed by atoms with Crippen LogP contribution in [0.25, 0.3) is 0 Å². The zero-order valence-corrected chi connectivity index (χ0v) is 16.2. The van der Waals surface area contributed by atoms with Crippen molar-refractivity contribution in [1.29, 1.82) is 0 Å². The Kier molecular flexibility index (Phi) is 6.01. The van der Waals surface area contributed by atoms with E-state index in [-0.39, 0.29) is 30.3 Å². The van der Waals surface area contributed by atoms with Crippen molar-refractivity contribution >= 4 is 27.5 Å². The number of hydrogen-bond acceptors (Lipinski definition) is 7. The number of sulfonamides is 1. The normalized spacial score (nSPS) is 24.2. The molecule has 0 radical (unpaired) electrons. The van der Waals surface area contributed by atoms with Crippen LogP contribution in [0.5, 0.6) is 0 Å². The number of β-amino-alcohol motifs (C(OH)–C–C–N with tert-alkyl or cyclic N) is 1. The van der Waals surface area contributed by atoms with Gasteiger partial charge in [-0.2, -0.15) is 4.31 Å². The number of anilines is 1. The quantitative estimate of drug-likeness (QED) is 0.520. The van der Waals surface area contributed by atoms with E-state index in [1.54, 1.807) is 4.90 Å². The fraction of sp³-hybridized carbons (Fsp3) is 0.529. The molecule has 1 aromatic carbocycles. The predicted molar refractivity (Wildman–Crippen MR) is 99.9 cm³/mol. The van der Waals surface area contributed by atoms with Crippen LogP contribution in [0.15, 0.2) is 29.2 Å². The Morgan fingerprint density at radius 1 is 1.18 bits per heavy atom. The van der Waals surface area contributed by atoms with E-state index < -0.39 is 21.5 Å². The Labute approximate surface area is 163 Å². The summed E-state index contributed by atoms with van der Waals surface area (Å²) in [5.74, 6) is -1.13. The smallest absolute Gasteiger partial charge is 0.250 e. The molecule has 10 nitrogen and oxygen atoms in total. The summed E-state index contributed by atoms with van der Waals surface area (Å²) < 4.78 is 31.7. The number of carbonyl (C=O) groups excluding carboxylic acids is 2. The molecule has 0 spiro atoms. The third-order valence-electron chi connectivity index (χ3n) is 4.90. The number of ether oxygens (including phenoxy) is 1. The molecule has 3 rings (SSSR count). The zero-order valence-electron chi connectivity index (χ0n) is 15.3. The summed E-state index contributed by atoms with van der Waals surface area (Å²) in [5, 5.41) is 12.7. The molecule has 4 N–H and O–H groups in total.